The molecule has 5 amide bonds. The van der Waals surface area contributed by atoms with Crippen LogP contribution in [0.15, 0.2) is 30.3 Å². The number of rotatable bonds is 14. The number of hydrogen-bond donors (Lipinski definition) is 6. The second kappa shape index (κ2) is 15.0. The lowest BCUT2D eigenvalue weighted by Gasteiger charge is -2.28. The highest BCUT2D eigenvalue weighted by atomic mass is 19.4. The Morgan fingerprint density at radius 2 is 1.49 bits per heavy atom. The monoisotopic (exact) mass is 559 g/mol. The van der Waals surface area contributed by atoms with Gasteiger partial charge in [-0.05, 0) is 24.8 Å². The SMILES string of the molecule is CC(=O)N[C@H](C(=O)N[C@@H](Cc1ccccc1)C(=O)N[C@H](C)C(=O)N[C@@H](CCC(N)=O)C(O)C(F)(F)F)C(C)C. The molecule has 14 heteroatoms. The molecular weight excluding hydrogens is 523 g/mol. The van der Waals surface area contributed by atoms with E-state index >= 15 is 0 Å². The lowest BCUT2D eigenvalue weighted by atomic mass is 10.0. The zero-order valence-electron chi connectivity index (χ0n) is 22.2. The number of aliphatic hydroxyl groups excluding tert-OH is 1. The molecule has 0 bridgehead atoms. The fourth-order valence-electron chi connectivity index (χ4n) is 3.60. The van der Waals surface area contributed by atoms with Crippen molar-refractivity contribution in [2.75, 3.05) is 0 Å². The summed E-state index contributed by atoms with van der Waals surface area (Å²) in [7, 11) is 0. The van der Waals surface area contributed by atoms with Crippen molar-refractivity contribution in [2.24, 2.45) is 11.7 Å². The Morgan fingerprint density at radius 1 is 0.897 bits per heavy atom. The van der Waals surface area contributed by atoms with Crippen LogP contribution < -0.4 is 27.0 Å². The quantitative estimate of drug-likeness (QED) is 0.187. The molecule has 7 N–H and O–H groups in total. The van der Waals surface area contributed by atoms with Crippen molar-refractivity contribution in [1.82, 2.24) is 21.3 Å². The number of halogens is 3. The number of nitrogens with one attached hydrogen (secondary N) is 4. The van der Waals surface area contributed by atoms with E-state index in [1.54, 1.807) is 44.2 Å². The minimum atomic E-state index is -5.09. The van der Waals surface area contributed by atoms with Crippen molar-refractivity contribution in [3.63, 3.8) is 0 Å². The number of primary amides is 1. The molecular formula is C25H36F3N5O6. The Morgan fingerprint density at radius 3 is 1.97 bits per heavy atom. The van der Waals surface area contributed by atoms with Crippen molar-refractivity contribution in [1.29, 1.82) is 0 Å². The second-order valence-corrected chi connectivity index (χ2v) is 9.51. The van der Waals surface area contributed by atoms with Crippen LogP contribution in [0.1, 0.15) is 46.1 Å². The minimum Gasteiger partial charge on any atom is -0.382 e. The molecule has 1 aromatic rings. The van der Waals surface area contributed by atoms with Gasteiger partial charge in [-0.2, -0.15) is 13.2 Å². The van der Waals surface area contributed by atoms with Gasteiger partial charge in [0.15, 0.2) is 6.10 Å². The van der Waals surface area contributed by atoms with Gasteiger partial charge in [0, 0.05) is 19.8 Å². The summed E-state index contributed by atoms with van der Waals surface area (Å²) in [4.78, 5) is 61.3. The molecule has 1 unspecified atom stereocenters. The number of amides is 5. The summed E-state index contributed by atoms with van der Waals surface area (Å²) in [6.07, 6.45) is -9.18. The van der Waals surface area contributed by atoms with Crippen LogP contribution in [0.2, 0.25) is 0 Å². The summed E-state index contributed by atoms with van der Waals surface area (Å²) < 4.78 is 39.2. The van der Waals surface area contributed by atoms with Crippen LogP contribution >= 0.6 is 0 Å². The van der Waals surface area contributed by atoms with Gasteiger partial charge in [0.1, 0.15) is 18.1 Å². The molecule has 1 aromatic carbocycles. The Hall–Kier alpha value is -3.68. The maximum absolute atomic E-state index is 13.1. The first-order valence-corrected chi connectivity index (χ1v) is 12.3. The molecule has 0 spiro atoms. The predicted molar refractivity (Wildman–Crippen MR) is 135 cm³/mol. The first-order chi connectivity index (χ1) is 18.0. The average Bonchev–Trinajstić information content (AvgIpc) is 2.83. The lowest BCUT2D eigenvalue weighted by molar-refractivity contribution is -0.212. The average molecular weight is 560 g/mol. The van der Waals surface area contributed by atoms with Crippen LogP contribution in [-0.2, 0) is 30.4 Å². The van der Waals surface area contributed by atoms with E-state index in [-0.39, 0.29) is 12.3 Å². The van der Waals surface area contributed by atoms with Gasteiger partial charge >= 0.3 is 6.18 Å². The number of hydrogen-bond acceptors (Lipinski definition) is 6. The molecule has 0 aliphatic heterocycles. The molecule has 0 aliphatic carbocycles. The third kappa shape index (κ3) is 11.7. The van der Waals surface area contributed by atoms with E-state index in [0.29, 0.717) is 5.56 Å². The van der Waals surface area contributed by atoms with E-state index in [1.807, 2.05) is 5.32 Å². The summed E-state index contributed by atoms with van der Waals surface area (Å²) in [5.74, 6) is -4.23. The van der Waals surface area contributed by atoms with Crippen LogP contribution in [0.4, 0.5) is 13.2 Å². The van der Waals surface area contributed by atoms with Gasteiger partial charge in [-0.15, -0.1) is 0 Å². The van der Waals surface area contributed by atoms with E-state index in [0.717, 1.165) is 0 Å². The summed E-state index contributed by atoms with van der Waals surface area (Å²) in [6, 6.07) is 3.15. The van der Waals surface area contributed by atoms with Crippen LogP contribution in [0, 0.1) is 5.92 Å². The van der Waals surface area contributed by atoms with Crippen molar-refractivity contribution in [2.45, 2.75) is 83.4 Å². The molecule has 11 nitrogen and oxygen atoms in total. The molecule has 0 heterocycles. The molecule has 218 valence electrons. The Kier molecular flexibility index (Phi) is 12.9. The van der Waals surface area contributed by atoms with Gasteiger partial charge in [-0.1, -0.05) is 44.2 Å². The summed E-state index contributed by atoms with van der Waals surface area (Å²) in [5, 5.41) is 19.1. The van der Waals surface area contributed by atoms with E-state index < -0.39 is 78.8 Å². The van der Waals surface area contributed by atoms with Crippen LogP contribution in [0.3, 0.4) is 0 Å². The third-order valence-corrected chi connectivity index (χ3v) is 5.72. The van der Waals surface area contributed by atoms with Gasteiger partial charge in [-0.3, -0.25) is 24.0 Å². The number of carbonyl (C=O) groups is 5. The second-order valence-electron chi connectivity index (χ2n) is 9.51. The fourth-order valence-corrected chi connectivity index (χ4v) is 3.60. The zero-order valence-corrected chi connectivity index (χ0v) is 22.2. The summed E-state index contributed by atoms with van der Waals surface area (Å²) >= 11 is 0. The number of nitrogens with two attached hydrogens (primary N) is 1. The highest BCUT2D eigenvalue weighted by Gasteiger charge is 2.44. The van der Waals surface area contributed by atoms with Gasteiger partial charge in [0.25, 0.3) is 0 Å². The Labute approximate surface area is 224 Å². The fraction of sp³-hybridized carbons (Fsp3) is 0.560. The van der Waals surface area contributed by atoms with E-state index in [2.05, 4.69) is 16.0 Å². The summed E-state index contributed by atoms with van der Waals surface area (Å²) in [5.41, 5.74) is 5.64. The van der Waals surface area contributed by atoms with Crippen molar-refractivity contribution in [3.8, 4) is 0 Å². The number of alkyl halides is 3. The van der Waals surface area contributed by atoms with E-state index in [1.165, 1.54) is 13.8 Å². The third-order valence-electron chi connectivity index (χ3n) is 5.72. The first-order valence-electron chi connectivity index (χ1n) is 12.3. The highest BCUT2D eigenvalue weighted by Crippen LogP contribution is 2.24. The maximum Gasteiger partial charge on any atom is 0.416 e. The predicted octanol–water partition coefficient (Wildman–Crippen LogP) is 0.0528. The summed E-state index contributed by atoms with van der Waals surface area (Å²) in [6.45, 7) is 5.84. The van der Waals surface area contributed by atoms with Crippen molar-refractivity contribution in [3.05, 3.63) is 35.9 Å². The van der Waals surface area contributed by atoms with Crippen molar-refractivity contribution >= 4 is 29.5 Å². The molecule has 39 heavy (non-hydrogen) atoms. The van der Waals surface area contributed by atoms with Crippen molar-refractivity contribution < 1.29 is 42.3 Å². The number of aliphatic hydroxyl groups is 1. The molecule has 0 radical (unpaired) electrons. The Bertz CT molecular complexity index is 1010. The van der Waals surface area contributed by atoms with Crippen LogP contribution in [0.25, 0.3) is 0 Å². The zero-order chi connectivity index (χ0) is 29.9. The smallest absolute Gasteiger partial charge is 0.382 e. The molecule has 5 atom stereocenters. The molecule has 0 aliphatic rings. The first kappa shape index (κ1) is 33.3. The lowest BCUT2D eigenvalue weighted by Crippen LogP contribution is -2.59. The minimum absolute atomic E-state index is 0.00562. The van der Waals surface area contributed by atoms with Crippen LogP contribution in [0.5, 0.6) is 0 Å². The topological polar surface area (TPSA) is 180 Å². The normalized spacial score (nSPS) is 15.3. The number of benzene rings is 1. The highest BCUT2D eigenvalue weighted by molar-refractivity contribution is 5.94. The molecule has 0 saturated heterocycles. The van der Waals surface area contributed by atoms with E-state index in [9.17, 15) is 42.3 Å². The largest absolute Gasteiger partial charge is 0.416 e. The standard InChI is InChI=1S/C25H36F3N5O6/c1-13(2)20(31-15(4)34)24(39)33-18(12-16-8-6-5-7-9-16)23(38)30-14(3)22(37)32-17(10-11-19(29)35)21(36)25(26,27)28/h5-9,13-14,17-18,20-21,36H,10-12H2,1-4H3,(H2,29,35)(H,30,38)(H,31,34)(H,32,37)(H,33,39)/t14-,17+,18+,20+,21?/m1/s1. The van der Waals surface area contributed by atoms with Gasteiger partial charge < -0.3 is 32.1 Å². The molecule has 1 rings (SSSR count). The van der Waals surface area contributed by atoms with Crippen LogP contribution in [-0.4, -0.2) is 71.1 Å². The Balaban J connectivity index is 3.06. The van der Waals surface area contributed by atoms with Gasteiger partial charge in [0.05, 0.1) is 6.04 Å². The van der Waals surface area contributed by atoms with Gasteiger partial charge in [-0.25, -0.2) is 0 Å². The van der Waals surface area contributed by atoms with E-state index in [4.69, 9.17) is 5.73 Å². The molecule has 0 saturated carbocycles. The molecule has 0 fully saturated rings. The number of carbonyl (C=O) groups excluding carboxylic acids is 5. The maximum atomic E-state index is 13.1. The molecule has 0 aromatic heterocycles. The van der Waals surface area contributed by atoms with Gasteiger partial charge in [0.2, 0.25) is 29.5 Å².